The van der Waals surface area contributed by atoms with Gasteiger partial charge in [0.1, 0.15) is 0 Å². The zero-order valence-corrected chi connectivity index (χ0v) is 11.0. The summed E-state index contributed by atoms with van der Waals surface area (Å²) in [7, 11) is 0. The second-order valence-electron chi connectivity index (χ2n) is 0.238. The molecule has 0 aliphatic carbocycles. The van der Waals surface area contributed by atoms with Gasteiger partial charge in [-0.25, -0.2) is 0 Å². The van der Waals surface area contributed by atoms with E-state index in [1.54, 1.807) is 0 Å². The summed E-state index contributed by atoms with van der Waals surface area (Å²) in [4.78, 5) is 8.36. The van der Waals surface area contributed by atoms with Crippen molar-refractivity contribution < 1.29 is 16.0 Å². The Labute approximate surface area is 123 Å². The van der Waals surface area contributed by atoms with Crippen molar-refractivity contribution in [2.24, 2.45) is 0 Å². The Balaban J connectivity index is -0.00000000214. The van der Waals surface area contributed by atoms with E-state index in [2.05, 4.69) is 0 Å². The maximum Gasteiger partial charge on any atom is 2.00 e. The van der Waals surface area contributed by atoms with Crippen LogP contribution in [0.1, 0.15) is 5.71 Å². The van der Waals surface area contributed by atoms with Gasteiger partial charge in [0.05, 0.1) is 0 Å². The molecule has 0 atom stereocenters. The Morgan fingerprint density at radius 3 is 1.71 bits per heavy atom. The molecule has 0 rings (SSSR count). The molecule has 40 valence electrons. The molecule has 0 aliphatic rings. The Hall–Kier alpha value is 2.32. The Bertz CT molecular complexity index is 48.3. The van der Waals surface area contributed by atoms with Crippen LogP contribution >= 0.6 is 12.4 Å². The molecule has 0 bridgehead atoms. The van der Waals surface area contributed by atoms with E-state index in [9.17, 15) is 0 Å². The number of nitrogens with zero attached hydrogens (tertiary/aromatic N) is 1. The number of hydrogen-bond donors (Lipinski definition) is 1. The molecule has 1 N–H and O–H groups in total. The van der Waals surface area contributed by atoms with Crippen LogP contribution in [0.4, 0.5) is 0 Å². The van der Waals surface area contributed by atoms with Crippen molar-refractivity contribution in [2.75, 3.05) is 0 Å². The molecule has 4 nitrogen and oxygen atoms in total. The van der Waals surface area contributed by atoms with Crippen LogP contribution in [0.5, 0.6) is 0 Å². The van der Waals surface area contributed by atoms with E-state index in [1.807, 2.05) is 0 Å². The number of rotatable bonds is 0. The van der Waals surface area contributed by atoms with Gasteiger partial charge in [-0.1, -0.05) is 0 Å². The average Bonchev–Trinajstić information content (AvgIpc) is 0.811. The van der Waals surface area contributed by atoms with Crippen LogP contribution in [0.15, 0.2) is 0 Å². The van der Waals surface area contributed by atoms with Gasteiger partial charge in [-0.2, -0.15) is 0 Å². The maximum absolute atomic E-state index is 8.36. The summed E-state index contributed by atoms with van der Waals surface area (Å²) in [5, 5.41) is 13.6. The van der Waals surface area contributed by atoms with Crippen molar-refractivity contribution in [3.05, 3.63) is 10.1 Å². The minimum absolute atomic E-state index is 0. The molecule has 0 aliphatic heterocycles. The second kappa shape index (κ2) is 15.8. The Morgan fingerprint density at radius 1 is 1.71 bits per heavy atom. The molecule has 0 radical (unpaired) electrons. The van der Waals surface area contributed by atoms with E-state index in [4.69, 9.17) is 15.3 Å². The van der Waals surface area contributed by atoms with E-state index in [-0.39, 0.29) is 105 Å². The van der Waals surface area contributed by atoms with Gasteiger partial charge in [-0.3, -0.25) is 0 Å². The summed E-state index contributed by atoms with van der Waals surface area (Å²) in [5.41, 5.74) is 0. The molecule has 0 saturated heterocycles. The molecule has 0 unspecified atom stereocenters. The summed E-state index contributed by atoms with van der Waals surface area (Å²) in [6.07, 6.45) is 0. The fourth-order valence-electron chi connectivity index (χ4n) is 0. The quantitative estimate of drug-likeness (QED) is 0.379. The first-order chi connectivity index (χ1) is 1.73. The van der Waals surface area contributed by atoms with Crippen LogP contribution in [0.2, 0.25) is 0 Å². The minimum Gasteiger partial charge on any atom is -1.00 e. The van der Waals surface area contributed by atoms with Crippen LogP contribution < -0.4 is 0 Å². The van der Waals surface area contributed by atoms with E-state index < -0.39 is 5.09 Å². The van der Waals surface area contributed by atoms with Crippen LogP contribution in [-0.2, 0) is 0 Å². The van der Waals surface area contributed by atoms with Gasteiger partial charge in [0.25, 0.3) is 5.09 Å². The zero-order valence-electron chi connectivity index (χ0n) is 7.53. The summed E-state index contributed by atoms with van der Waals surface area (Å²) in [6, 6.07) is 0. The molecular formula is H6BaCaClNO3. The van der Waals surface area contributed by atoms with E-state index in [0.29, 0.717) is 0 Å². The fraction of sp³-hybridized carbons (Fsp3) is 0. The second-order valence-corrected chi connectivity index (χ2v) is 0.238. The summed E-state index contributed by atoms with van der Waals surface area (Å²) >= 11 is 0. The minimum atomic E-state index is -1.50. The molecular weight excluding hydrogens is 275 g/mol. The van der Waals surface area contributed by atoms with Crippen molar-refractivity contribution in [3.8, 4) is 0 Å². The SMILES string of the molecule is Cl.O=[N+]([O-])O.[Ba+2].[Ca+2].[H-].[H-].[H-].[H-]. The van der Waals surface area contributed by atoms with Crippen LogP contribution in [0.3, 0.4) is 0 Å². The number of hydrogen-bond acceptors (Lipinski definition) is 2. The van der Waals surface area contributed by atoms with Crippen LogP contribution in [0.25, 0.3) is 0 Å². The standard InChI is InChI=1S/Ba.Ca.ClH.HNO3.4H/c;;;2-1(3)4;;;;/h;;1H;(H,2,3,4);;;;/q2*+2;;;4*-1. The summed E-state index contributed by atoms with van der Waals surface area (Å²) in [5.74, 6) is 0. The van der Waals surface area contributed by atoms with Crippen LogP contribution in [0, 0.1) is 10.1 Å². The number of halogens is 1. The van der Waals surface area contributed by atoms with Gasteiger partial charge >= 0.3 is 86.6 Å². The van der Waals surface area contributed by atoms with Gasteiger partial charge in [-0.05, 0) is 0 Å². The smallest absolute Gasteiger partial charge is 1.00 e. The van der Waals surface area contributed by atoms with Crippen molar-refractivity contribution in [2.45, 2.75) is 0 Å². The monoisotopic (exact) mass is 281 g/mol. The third-order valence-corrected chi connectivity index (χ3v) is 0. The predicted octanol–water partition coefficient (Wildman–Crippen LogP) is -0.238. The molecule has 7 heteroatoms. The maximum atomic E-state index is 8.36. The molecule has 0 saturated carbocycles. The molecule has 0 aromatic carbocycles. The largest absolute Gasteiger partial charge is 2.00 e. The molecule has 0 aromatic heterocycles. The van der Waals surface area contributed by atoms with Crippen LogP contribution in [-0.4, -0.2) is 96.9 Å². The topological polar surface area (TPSA) is 63.4 Å². The van der Waals surface area contributed by atoms with Gasteiger partial charge in [0.15, 0.2) is 0 Å². The first kappa shape index (κ1) is 22.8. The first-order valence-electron chi connectivity index (χ1n) is 0.565. The fourth-order valence-corrected chi connectivity index (χ4v) is 0. The van der Waals surface area contributed by atoms with Gasteiger partial charge in [0, 0.05) is 0 Å². The van der Waals surface area contributed by atoms with E-state index >= 15 is 0 Å². The van der Waals surface area contributed by atoms with Gasteiger partial charge in [0.2, 0.25) is 0 Å². The van der Waals surface area contributed by atoms with Crippen molar-refractivity contribution in [3.63, 3.8) is 0 Å². The van der Waals surface area contributed by atoms with Crippen molar-refractivity contribution in [1.29, 1.82) is 0 Å². The normalized spacial score (nSPS) is 3.43. The third kappa shape index (κ3) is 61.7. The van der Waals surface area contributed by atoms with Gasteiger partial charge < -0.3 is 10.9 Å². The Kier molecular flexibility index (Phi) is 51.3. The molecule has 0 spiro atoms. The molecule has 7 heavy (non-hydrogen) atoms. The molecule has 0 amide bonds. The van der Waals surface area contributed by atoms with Crippen molar-refractivity contribution in [1.82, 2.24) is 0 Å². The van der Waals surface area contributed by atoms with E-state index in [0.717, 1.165) is 0 Å². The van der Waals surface area contributed by atoms with Gasteiger partial charge in [-0.15, -0.1) is 22.5 Å². The summed E-state index contributed by atoms with van der Waals surface area (Å²) in [6.45, 7) is 0. The average molecular weight is 281 g/mol. The molecule has 0 heterocycles. The van der Waals surface area contributed by atoms with Crippen molar-refractivity contribution >= 4 is 99.0 Å². The first-order valence-corrected chi connectivity index (χ1v) is 0.565. The Morgan fingerprint density at radius 2 is 1.71 bits per heavy atom. The molecule has 0 aromatic rings. The molecule has 0 fully saturated rings. The predicted molar refractivity (Wildman–Crippen MR) is 32.0 cm³/mol. The van der Waals surface area contributed by atoms with E-state index in [1.165, 1.54) is 0 Å². The zero-order chi connectivity index (χ0) is 3.58. The third-order valence-electron chi connectivity index (χ3n) is 0. The summed E-state index contributed by atoms with van der Waals surface area (Å²) < 4.78 is 0.